The Bertz CT molecular complexity index is 1090. The molecule has 0 N–H and O–H groups in total. The number of fused-ring (bicyclic) bond motifs is 2. The van der Waals surface area contributed by atoms with Gasteiger partial charge in [0.05, 0.1) is 12.2 Å². The van der Waals surface area contributed by atoms with Crippen molar-refractivity contribution in [1.82, 2.24) is 0 Å². The Hall–Kier alpha value is -3.02. The van der Waals surface area contributed by atoms with Gasteiger partial charge in [-0.05, 0) is 37.6 Å². The minimum Gasteiger partial charge on any atom is -0.482 e. The Kier molecular flexibility index (Phi) is 4.48. The van der Waals surface area contributed by atoms with E-state index in [0.717, 1.165) is 22.8 Å². The first-order valence-electron chi connectivity index (χ1n) is 8.94. The summed E-state index contributed by atoms with van der Waals surface area (Å²) in [6.07, 6.45) is 4.86. The van der Waals surface area contributed by atoms with Crippen LogP contribution < -0.4 is 10.4 Å². The normalized spacial score (nSPS) is 20.4. The highest BCUT2D eigenvalue weighted by molar-refractivity contribution is 5.99. The average molecular weight is 368 g/mol. The fourth-order valence-electron chi connectivity index (χ4n) is 3.39. The Morgan fingerprint density at radius 2 is 2.04 bits per heavy atom. The molecule has 0 saturated carbocycles. The Balaban J connectivity index is 1.54. The van der Waals surface area contributed by atoms with Gasteiger partial charge >= 0.3 is 11.6 Å². The van der Waals surface area contributed by atoms with Crippen LogP contribution in [0.1, 0.15) is 26.7 Å². The molecule has 3 heterocycles. The van der Waals surface area contributed by atoms with Gasteiger partial charge in [0.15, 0.2) is 11.2 Å². The summed E-state index contributed by atoms with van der Waals surface area (Å²) in [5.41, 5.74) is 1.54. The predicted molar refractivity (Wildman–Crippen MR) is 99.8 cm³/mol. The van der Waals surface area contributed by atoms with Crippen LogP contribution in [0, 0.1) is 5.92 Å². The number of esters is 1. The van der Waals surface area contributed by atoms with E-state index in [1.54, 1.807) is 12.3 Å². The summed E-state index contributed by atoms with van der Waals surface area (Å²) in [4.78, 5) is 23.1. The van der Waals surface area contributed by atoms with Gasteiger partial charge in [0.1, 0.15) is 12.7 Å². The standard InChI is InChI=1S/C21H20O6/c1-12(9-16-10-13(2)21(23)26-16)5-7-25-20-18-15(6-8-24-18)11-14-3-4-17(22)27-19(14)20/h3-6,8,11,13,16H,7,9-10H2,1-2H3/b12-5+. The van der Waals surface area contributed by atoms with E-state index >= 15 is 0 Å². The second kappa shape index (κ2) is 6.95. The number of carbonyl (C=O) groups excluding carboxylic acids is 1. The zero-order chi connectivity index (χ0) is 19.0. The molecule has 1 saturated heterocycles. The lowest BCUT2D eigenvalue weighted by Crippen LogP contribution is -2.07. The molecular weight excluding hydrogens is 348 g/mol. The van der Waals surface area contributed by atoms with E-state index in [0.29, 0.717) is 23.3 Å². The van der Waals surface area contributed by atoms with Gasteiger partial charge in [-0.25, -0.2) is 4.79 Å². The molecule has 27 heavy (non-hydrogen) atoms. The lowest BCUT2D eigenvalue weighted by Gasteiger charge is -2.10. The molecule has 140 valence electrons. The number of ether oxygens (including phenoxy) is 2. The van der Waals surface area contributed by atoms with Gasteiger partial charge in [0.2, 0.25) is 5.75 Å². The number of cyclic esters (lactones) is 1. The molecular formula is C21H20O6. The lowest BCUT2D eigenvalue weighted by molar-refractivity contribution is -0.143. The Morgan fingerprint density at radius 3 is 2.81 bits per heavy atom. The molecule has 1 fully saturated rings. The van der Waals surface area contributed by atoms with Crippen LogP contribution in [-0.2, 0) is 9.53 Å². The fourth-order valence-corrected chi connectivity index (χ4v) is 3.39. The van der Waals surface area contributed by atoms with Crippen molar-refractivity contribution in [3.63, 3.8) is 0 Å². The topological polar surface area (TPSA) is 78.9 Å². The molecule has 6 nitrogen and oxygen atoms in total. The highest BCUT2D eigenvalue weighted by atomic mass is 16.6. The molecule has 2 atom stereocenters. The second-order valence-corrected chi connectivity index (χ2v) is 6.98. The molecule has 2 aromatic heterocycles. The van der Waals surface area contributed by atoms with Crippen LogP contribution in [0.3, 0.4) is 0 Å². The number of hydrogen-bond acceptors (Lipinski definition) is 6. The van der Waals surface area contributed by atoms with Crippen LogP contribution in [0.25, 0.3) is 21.9 Å². The van der Waals surface area contributed by atoms with Gasteiger partial charge < -0.3 is 18.3 Å². The summed E-state index contributed by atoms with van der Waals surface area (Å²) < 4.78 is 22.1. The van der Waals surface area contributed by atoms with Gasteiger partial charge in [0, 0.05) is 23.3 Å². The minimum atomic E-state index is -0.442. The first kappa shape index (κ1) is 17.4. The van der Waals surface area contributed by atoms with Crippen molar-refractivity contribution in [3.8, 4) is 5.75 Å². The zero-order valence-electron chi connectivity index (χ0n) is 15.2. The molecule has 1 aliphatic rings. The number of hydrogen-bond donors (Lipinski definition) is 0. The largest absolute Gasteiger partial charge is 0.482 e. The molecule has 6 heteroatoms. The molecule has 2 unspecified atom stereocenters. The molecule has 4 rings (SSSR count). The molecule has 1 aliphatic heterocycles. The van der Waals surface area contributed by atoms with Crippen molar-refractivity contribution < 1.29 is 23.1 Å². The van der Waals surface area contributed by atoms with Crippen LogP contribution in [0.2, 0.25) is 0 Å². The van der Waals surface area contributed by atoms with Gasteiger partial charge in [-0.3, -0.25) is 4.79 Å². The van der Waals surface area contributed by atoms with E-state index in [1.807, 2.05) is 32.1 Å². The Morgan fingerprint density at radius 1 is 1.22 bits per heavy atom. The summed E-state index contributed by atoms with van der Waals surface area (Å²) in [7, 11) is 0. The van der Waals surface area contributed by atoms with Crippen molar-refractivity contribution in [2.75, 3.05) is 6.61 Å². The number of benzene rings is 1. The molecule has 0 radical (unpaired) electrons. The average Bonchev–Trinajstić information content (AvgIpc) is 3.21. The summed E-state index contributed by atoms with van der Waals surface area (Å²) in [5, 5.41) is 1.64. The van der Waals surface area contributed by atoms with Gasteiger partial charge in [-0.1, -0.05) is 12.5 Å². The third-order valence-corrected chi connectivity index (χ3v) is 4.79. The van der Waals surface area contributed by atoms with Crippen molar-refractivity contribution in [2.24, 2.45) is 5.92 Å². The zero-order valence-corrected chi connectivity index (χ0v) is 15.2. The number of furan rings is 1. The molecule has 3 aromatic rings. The third kappa shape index (κ3) is 3.47. The van der Waals surface area contributed by atoms with Gasteiger partial charge in [-0.15, -0.1) is 0 Å². The van der Waals surface area contributed by atoms with E-state index in [9.17, 15) is 9.59 Å². The summed E-state index contributed by atoms with van der Waals surface area (Å²) in [5.74, 6) is 0.245. The maximum absolute atomic E-state index is 11.6. The van der Waals surface area contributed by atoms with E-state index in [2.05, 4.69) is 0 Å². The lowest BCUT2D eigenvalue weighted by atomic mass is 10.0. The van der Waals surface area contributed by atoms with Crippen LogP contribution in [0.4, 0.5) is 0 Å². The van der Waals surface area contributed by atoms with Gasteiger partial charge in [-0.2, -0.15) is 0 Å². The van der Waals surface area contributed by atoms with Crippen molar-refractivity contribution in [1.29, 1.82) is 0 Å². The number of rotatable bonds is 5. The molecule has 1 aromatic carbocycles. The van der Waals surface area contributed by atoms with E-state index in [4.69, 9.17) is 18.3 Å². The second-order valence-electron chi connectivity index (χ2n) is 6.98. The molecule has 0 aliphatic carbocycles. The summed E-state index contributed by atoms with van der Waals surface area (Å²) >= 11 is 0. The first-order valence-corrected chi connectivity index (χ1v) is 8.94. The third-order valence-electron chi connectivity index (χ3n) is 4.79. The van der Waals surface area contributed by atoms with Crippen LogP contribution in [0.5, 0.6) is 5.75 Å². The van der Waals surface area contributed by atoms with E-state index in [-0.39, 0.29) is 24.6 Å². The maximum atomic E-state index is 11.6. The SMILES string of the molecule is C/C(=C\COc1c2occc2cc2ccc(=O)oc12)CC1CC(C)C(=O)O1. The van der Waals surface area contributed by atoms with Crippen molar-refractivity contribution in [3.05, 3.63) is 52.6 Å². The first-order chi connectivity index (χ1) is 13.0. The summed E-state index contributed by atoms with van der Waals surface area (Å²) in [6.45, 7) is 4.15. The smallest absolute Gasteiger partial charge is 0.336 e. The summed E-state index contributed by atoms with van der Waals surface area (Å²) in [6, 6.07) is 6.81. The highest BCUT2D eigenvalue weighted by Crippen LogP contribution is 2.35. The van der Waals surface area contributed by atoms with Crippen LogP contribution in [0.15, 0.2) is 55.8 Å². The quantitative estimate of drug-likeness (QED) is 0.381. The maximum Gasteiger partial charge on any atom is 0.336 e. The van der Waals surface area contributed by atoms with E-state index in [1.165, 1.54) is 6.07 Å². The highest BCUT2D eigenvalue weighted by Gasteiger charge is 2.30. The van der Waals surface area contributed by atoms with Crippen molar-refractivity contribution >= 4 is 27.9 Å². The van der Waals surface area contributed by atoms with Crippen molar-refractivity contribution in [2.45, 2.75) is 32.8 Å². The molecule has 0 amide bonds. The molecule has 0 bridgehead atoms. The van der Waals surface area contributed by atoms with Crippen LogP contribution >= 0.6 is 0 Å². The Labute approximate surface area is 155 Å². The monoisotopic (exact) mass is 368 g/mol. The van der Waals surface area contributed by atoms with E-state index < -0.39 is 5.63 Å². The van der Waals surface area contributed by atoms with Crippen LogP contribution in [-0.4, -0.2) is 18.7 Å². The predicted octanol–water partition coefficient (Wildman–Crippen LogP) is 4.21. The van der Waals surface area contributed by atoms with Gasteiger partial charge in [0.25, 0.3) is 0 Å². The minimum absolute atomic E-state index is 0.0372. The fraction of sp³-hybridized carbons (Fsp3) is 0.333. The molecule has 0 spiro atoms. The number of carbonyl (C=O) groups is 1.